The molecule has 0 fully saturated rings. The largest absolute Gasteiger partial charge is 0.486 e. The first-order valence-electron chi connectivity index (χ1n) is 9.74. The molecular weight excluding hydrogens is 340 g/mol. The van der Waals surface area contributed by atoms with E-state index in [4.69, 9.17) is 9.47 Å². The van der Waals surface area contributed by atoms with Crippen LogP contribution in [0, 0.1) is 0 Å². The van der Waals surface area contributed by atoms with E-state index in [0.29, 0.717) is 19.7 Å². The summed E-state index contributed by atoms with van der Waals surface area (Å²) in [5.41, 5.74) is 3.67. The fourth-order valence-corrected chi connectivity index (χ4v) is 3.80. The van der Waals surface area contributed by atoms with Crippen molar-refractivity contribution in [3.8, 4) is 11.5 Å². The van der Waals surface area contributed by atoms with E-state index in [1.807, 2.05) is 30.3 Å². The Balaban J connectivity index is 1.31. The van der Waals surface area contributed by atoms with Crippen molar-refractivity contribution >= 4 is 11.6 Å². The molecule has 1 atom stereocenters. The number of para-hydroxylation sites is 2. The number of benzene rings is 2. The number of hydrogen-bond acceptors (Lipinski definition) is 4. The van der Waals surface area contributed by atoms with E-state index >= 15 is 0 Å². The second kappa shape index (κ2) is 8.01. The number of nitrogens with zero attached hydrogens (tertiary/aromatic N) is 1. The zero-order valence-corrected chi connectivity index (χ0v) is 15.7. The first kappa shape index (κ1) is 17.9. The van der Waals surface area contributed by atoms with Gasteiger partial charge in [-0.1, -0.05) is 25.1 Å². The summed E-state index contributed by atoms with van der Waals surface area (Å²) in [4.78, 5) is 14.6. The third-order valence-electron chi connectivity index (χ3n) is 5.23. The fourth-order valence-electron chi connectivity index (χ4n) is 3.80. The van der Waals surface area contributed by atoms with Crippen LogP contribution in [0.15, 0.2) is 42.5 Å². The number of aryl methyl sites for hydroxylation is 2. The second-order valence-corrected chi connectivity index (χ2v) is 7.21. The standard InChI is InChI=1S/C22H26N2O3/c1-2-24(13-19-15-26-20-8-3-4-9-21(20)27-19)14-22(25)23-18-11-10-16-6-5-7-17(16)12-18/h3-4,8-12,19H,2,5-7,13-15H2,1H3,(H,23,25)/t19-/m1/s1. The molecule has 0 saturated heterocycles. The second-order valence-electron chi connectivity index (χ2n) is 7.21. The first-order chi connectivity index (χ1) is 13.2. The van der Waals surface area contributed by atoms with Gasteiger partial charge in [-0.05, 0) is 61.2 Å². The highest BCUT2D eigenvalue weighted by atomic mass is 16.6. The van der Waals surface area contributed by atoms with Crippen LogP contribution in [0.25, 0.3) is 0 Å². The zero-order chi connectivity index (χ0) is 18.6. The lowest BCUT2D eigenvalue weighted by atomic mass is 10.1. The molecule has 1 amide bonds. The van der Waals surface area contributed by atoms with Crippen molar-refractivity contribution < 1.29 is 14.3 Å². The fraction of sp³-hybridized carbons (Fsp3) is 0.409. The van der Waals surface area contributed by atoms with Crippen LogP contribution in [-0.2, 0) is 17.6 Å². The van der Waals surface area contributed by atoms with Crippen LogP contribution in [0.5, 0.6) is 11.5 Å². The number of fused-ring (bicyclic) bond motifs is 2. The Hall–Kier alpha value is -2.53. The molecule has 0 spiro atoms. The van der Waals surface area contributed by atoms with Crippen molar-refractivity contribution in [1.29, 1.82) is 0 Å². The number of carbonyl (C=O) groups is 1. The minimum atomic E-state index is -0.0763. The van der Waals surface area contributed by atoms with Crippen LogP contribution < -0.4 is 14.8 Å². The minimum Gasteiger partial charge on any atom is -0.486 e. The van der Waals surface area contributed by atoms with E-state index in [-0.39, 0.29) is 12.0 Å². The average molecular weight is 366 g/mol. The van der Waals surface area contributed by atoms with Crippen LogP contribution in [0.1, 0.15) is 24.5 Å². The Kier molecular flexibility index (Phi) is 5.30. The summed E-state index contributed by atoms with van der Waals surface area (Å²) < 4.78 is 11.8. The highest BCUT2D eigenvalue weighted by Crippen LogP contribution is 2.31. The van der Waals surface area contributed by atoms with Gasteiger partial charge in [-0.3, -0.25) is 9.69 Å². The summed E-state index contributed by atoms with van der Waals surface area (Å²) in [7, 11) is 0. The predicted octanol–water partition coefficient (Wildman–Crippen LogP) is 3.28. The van der Waals surface area contributed by atoms with Gasteiger partial charge in [0.05, 0.1) is 6.54 Å². The molecule has 0 bridgehead atoms. The van der Waals surface area contributed by atoms with Crippen molar-refractivity contribution in [2.75, 3.05) is 31.6 Å². The van der Waals surface area contributed by atoms with Crippen LogP contribution >= 0.6 is 0 Å². The van der Waals surface area contributed by atoms with E-state index < -0.39 is 0 Å². The third kappa shape index (κ3) is 4.25. The molecule has 4 rings (SSSR count). The topological polar surface area (TPSA) is 50.8 Å². The SMILES string of the molecule is CCN(CC(=O)Nc1ccc2c(c1)CCC2)C[C@@H]1COc2ccccc2O1. The normalized spacial score (nSPS) is 17.6. The molecule has 0 aromatic heterocycles. The molecule has 1 N–H and O–H groups in total. The monoisotopic (exact) mass is 366 g/mol. The lowest BCUT2D eigenvalue weighted by Crippen LogP contribution is -2.43. The van der Waals surface area contributed by atoms with Crippen LogP contribution in [-0.4, -0.2) is 43.2 Å². The summed E-state index contributed by atoms with van der Waals surface area (Å²) in [5, 5.41) is 3.04. The van der Waals surface area contributed by atoms with E-state index in [2.05, 4.69) is 29.3 Å². The maximum absolute atomic E-state index is 12.5. The lowest BCUT2D eigenvalue weighted by Gasteiger charge is -2.30. The molecule has 1 heterocycles. The van der Waals surface area contributed by atoms with Gasteiger partial charge in [0.2, 0.25) is 5.91 Å². The number of rotatable bonds is 6. The summed E-state index contributed by atoms with van der Waals surface area (Å²) >= 11 is 0. The molecule has 142 valence electrons. The number of nitrogens with one attached hydrogen (secondary N) is 1. The van der Waals surface area contributed by atoms with Crippen molar-refractivity contribution in [3.05, 3.63) is 53.6 Å². The Bertz CT molecular complexity index is 821. The van der Waals surface area contributed by atoms with Gasteiger partial charge in [0.1, 0.15) is 12.7 Å². The minimum absolute atomic E-state index is 0.00641. The third-order valence-corrected chi connectivity index (χ3v) is 5.23. The highest BCUT2D eigenvalue weighted by molar-refractivity contribution is 5.92. The molecule has 1 aliphatic heterocycles. The molecule has 5 nitrogen and oxygen atoms in total. The molecule has 2 aliphatic rings. The molecule has 2 aromatic carbocycles. The summed E-state index contributed by atoms with van der Waals surface area (Å²) in [6.07, 6.45) is 3.40. The van der Waals surface area contributed by atoms with E-state index in [1.54, 1.807) is 0 Å². The van der Waals surface area contributed by atoms with Crippen molar-refractivity contribution in [1.82, 2.24) is 4.90 Å². The van der Waals surface area contributed by atoms with Crippen molar-refractivity contribution in [3.63, 3.8) is 0 Å². The van der Waals surface area contributed by atoms with Crippen LogP contribution in [0.4, 0.5) is 5.69 Å². The average Bonchev–Trinajstić information content (AvgIpc) is 3.15. The molecule has 0 saturated carbocycles. The Morgan fingerprint density at radius 2 is 1.96 bits per heavy atom. The van der Waals surface area contributed by atoms with E-state index in [1.165, 1.54) is 17.5 Å². The van der Waals surface area contributed by atoms with E-state index in [0.717, 1.165) is 36.6 Å². The maximum Gasteiger partial charge on any atom is 0.238 e. The van der Waals surface area contributed by atoms with Crippen molar-refractivity contribution in [2.45, 2.75) is 32.3 Å². The Morgan fingerprint density at radius 3 is 2.81 bits per heavy atom. The number of anilines is 1. The number of ether oxygens (including phenoxy) is 2. The van der Waals surface area contributed by atoms with Crippen molar-refractivity contribution in [2.24, 2.45) is 0 Å². The van der Waals surface area contributed by atoms with Gasteiger partial charge >= 0.3 is 0 Å². The number of likely N-dealkylation sites (N-methyl/N-ethyl adjacent to an activating group) is 1. The van der Waals surface area contributed by atoms with Gasteiger partial charge in [0.15, 0.2) is 11.5 Å². The Labute approximate surface area is 160 Å². The van der Waals surface area contributed by atoms with E-state index in [9.17, 15) is 4.79 Å². The van der Waals surface area contributed by atoms with Crippen LogP contribution in [0.2, 0.25) is 0 Å². The van der Waals surface area contributed by atoms with Gasteiger partial charge in [-0.2, -0.15) is 0 Å². The highest BCUT2D eigenvalue weighted by Gasteiger charge is 2.23. The zero-order valence-electron chi connectivity index (χ0n) is 15.7. The molecule has 0 radical (unpaired) electrons. The van der Waals surface area contributed by atoms with Gasteiger partial charge in [-0.15, -0.1) is 0 Å². The quantitative estimate of drug-likeness (QED) is 0.852. The molecule has 5 heteroatoms. The first-order valence-corrected chi connectivity index (χ1v) is 9.74. The summed E-state index contributed by atoms with van der Waals surface area (Å²) in [6.45, 7) is 4.33. The molecule has 2 aromatic rings. The van der Waals surface area contributed by atoms with Gasteiger partial charge in [0, 0.05) is 12.2 Å². The molecule has 27 heavy (non-hydrogen) atoms. The predicted molar refractivity (Wildman–Crippen MR) is 106 cm³/mol. The van der Waals surface area contributed by atoms with Gasteiger partial charge in [-0.25, -0.2) is 0 Å². The number of amides is 1. The maximum atomic E-state index is 12.5. The molecular formula is C22H26N2O3. The number of carbonyl (C=O) groups excluding carboxylic acids is 1. The van der Waals surface area contributed by atoms with Crippen LogP contribution in [0.3, 0.4) is 0 Å². The number of hydrogen-bond donors (Lipinski definition) is 1. The summed E-state index contributed by atoms with van der Waals surface area (Å²) in [6, 6.07) is 14.0. The van der Waals surface area contributed by atoms with Gasteiger partial charge < -0.3 is 14.8 Å². The molecule has 1 aliphatic carbocycles. The smallest absolute Gasteiger partial charge is 0.238 e. The van der Waals surface area contributed by atoms with Gasteiger partial charge in [0.25, 0.3) is 0 Å². The molecule has 0 unspecified atom stereocenters. The Morgan fingerprint density at radius 1 is 1.15 bits per heavy atom. The summed E-state index contributed by atoms with van der Waals surface area (Å²) in [5.74, 6) is 1.56. The lowest BCUT2D eigenvalue weighted by molar-refractivity contribution is -0.117.